The van der Waals surface area contributed by atoms with Crippen LogP contribution in [-0.2, 0) is 6.54 Å². The number of halogens is 1. The minimum absolute atomic E-state index is 0.0551. The maximum Gasteiger partial charge on any atom is 0.183 e. The van der Waals surface area contributed by atoms with Crippen LogP contribution in [0.4, 0.5) is 0 Å². The zero-order chi connectivity index (χ0) is 14.8. The zero-order valence-corrected chi connectivity index (χ0v) is 11.8. The van der Waals surface area contributed by atoms with Crippen molar-refractivity contribution in [2.75, 3.05) is 0 Å². The molecule has 0 radical (unpaired) electrons. The Morgan fingerprint density at radius 3 is 2.71 bits per heavy atom. The number of ketones is 1. The van der Waals surface area contributed by atoms with Gasteiger partial charge in [-0.2, -0.15) is 5.26 Å². The SMILES string of the molecule is N#Cc1cccc2c1ccn2CC(=O)c1ccccc1Cl. The van der Waals surface area contributed by atoms with Gasteiger partial charge in [0.15, 0.2) is 5.78 Å². The second kappa shape index (κ2) is 5.43. The van der Waals surface area contributed by atoms with E-state index < -0.39 is 0 Å². The molecule has 2 aromatic carbocycles. The largest absolute Gasteiger partial charge is 0.340 e. The third-order valence-electron chi connectivity index (χ3n) is 3.42. The smallest absolute Gasteiger partial charge is 0.183 e. The number of aromatic nitrogens is 1. The second-order valence-corrected chi connectivity index (χ2v) is 5.10. The Hall–Kier alpha value is -2.57. The molecule has 0 aliphatic carbocycles. The van der Waals surface area contributed by atoms with E-state index in [2.05, 4.69) is 6.07 Å². The van der Waals surface area contributed by atoms with Gasteiger partial charge in [0.25, 0.3) is 0 Å². The molecule has 0 fully saturated rings. The first-order valence-electron chi connectivity index (χ1n) is 6.46. The molecule has 1 heterocycles. The van der Waals surface area contributed by atoms with E-state index in [9.17, 15) is 4.79 Å². The summed E-state index contributed by atoms with van der Waals surface area (Å²) in [4.78, 5) is 12.4. The Morgan fingerprint density at radius 1 is 1.14 bits per heavy atom. The van der Waals surface area contributed by atoms with Crippen LogP contribution in [0, 0.1) is 11.3 Å². The van der Waals surface area contributed by atoms with Crippen LogP contribution < -0.4 is 0 Å². The lowest BCUT2D eigenvalue weighted by atomic mass is 10.1. The highest BCUT2D eigenvalue weighted by molar-refractivity contribution is 6.33. The summed E-state index contributed by atoms with van der Waals surface area (Å²) in [6.07, 6.45) is 1.82. The number of benzene rings is 2. The fourth-order valence-corrected chi connectivity index (χ4v) is 2.63. The topological polar surface area (TPSA) is 45.8 Å². The number of rotatable bonds is 3. The molecule has 3 nitrogen and oxygen atoms in total. The number of carbonyl (C=O) groups is 1. The molecule has 0 bridgehead atoms. The maximum atomic E-state index is 12.4. The maximum absolute atomic E-state index is 12.4. The van der Waals surface area contributed by atoms with Gasteiger partial charge in [0.05, 0.1) is 23.2 Å². The molecule has 3 rings (SSSR count). The van der Waals surface area contributed by atoms with Crippen molar-refractivity contribution in [3.8, 4) is 6.07 Å². The number of nitrogens with zero attached hydrogens (tertiary/aromatic N) is 2. The number of carbonyl (C=O) groups excluding carboxylic acids is 1. The van der Waals surface area contributed by atoms with Crippen LogP contribution in [0.2, 0.25) is 5.02 Å². The molecule has 3 aromatic rings. The fraction of sp³-hybridized carbons (Fsp3) is 0.0588. The van der Waals surface area contributed by atoms with Crippen molar-refractivity contribution < 1.29 is 4.79 Å². The van der Waals surface area contributed by atoms with Gasteiger partial charge in [0.2, 0.25) is 0 Å². The standard InChI is InChI=1S/C17H11ClN2O/c18-15-6-2-1-5-14(15)17(21)11-20-9-8-13-12(10-19)4-3-7-16(13)20/h1-9H,11H2. The summed E-state index contributed by atoms with van der Waals surface area (Å²) < 4.78 is 1.84. The minimum atomic E-state index is -0.0551. The first-order valence-corrected chi connectivity index (χ1v) is 6.84. The number of hydrogen-bond acceptors (Lipinski definition) is 2. The third-order valence-corrected chi connectivity index (χ3v) is 3.75. The minimum Gasteiger partial charge on any atom is -0.340 e. The van der Waals surface area contributed by atoms with Gasteiger partial charge in [0, 0.05) is 22.7 Å². The zero-order valence-electron chi connectivity index (χ0n) is 11.1. The van der Waals surface area contributed by atoms with Crippen LogP contribution in [0.25, 0.3) is 10.9 Å². The van der Waals surface area contributed by atoms with Crippen molar-refractivity contribution in [2.45, 2.75) is 6.54 Å². The molecule has 1 aromatic heterocycles. The van der Waals surface area contributed by atoms with E-state index in [0.29, 0.717) is 16.1 Å². The molecular weight excluding hydrogens is 284 g/mol. The highest BCUT2D eigenvalue weighted by Crippen LogP contribution is 2.21. The first-order chi connectivity index (χ1) is 10.2. The molecular formula is C17H11ClN2O. The van der Waals surface area contributed by atoms with E-state index in [-0.39, 0.29) is 12.3 Å². The highest BCUT2D eigenvalue weighted by Gasteiger charge is 2.12. The van der Waals surface area contributed by atoms with E-state index >= 15 is 0 Å². The number of Topliss-reactive ketones (excluding diaryl/α,β-unsaturated/α-hetero) is 1. The average molecular weight is 295 g/mol. The number of fused-ring (bicyclic) bond motifs is 1. The monoisotopic (exact) mass is 294 g/mol. The van der Waals surface area contributed by atoms with E-state index in [0.717, 1.165) is 10.9 Å². The van der Waals surface area contributed by atoms with Crippen LogP contribution in [-0.4, -0.2) is 10.4 Å². The van der Waals surface area contributed by atoms with Crippen molar-refractivity contribution in [3.63, 3.8) is 0 Å². The second-order valence-electron chi connectivity index (χ2n) is 4.70. The van der Waals surface area contributed by atoms with E-state index in [1.54, 1.807) is 30.3 Å². The summed E-state index contributed by atoms with van der Waals surface area (Å²) in [6.45, 7) is 0.197. The van der Waals surface area contributed by atoms with Gasteiger partial charge >= 0.3 is 0 Å². The van der Waals surface area contributed by atoms with Gasteiger partial charge in [0.1, 0.15) is 0 Å². The van der Waals surface area contributed by atoms with E-state index in [1.807, 2.05) is 29.0 Å². The molecule has 4 heteroatoms. The Bertz CT molecular complexity index is 874. The molecule has 0 saturated heterocycles. The Balaban J connectivity index is 1.98. The molecule has 0 N–H and O–H groups in total. The van der Waals surface area contributed by atoms with Crippen molar-refractivity contribution in [2.24, 2.45) is 0 Å². The lowest BCUT2D eigenvalue weighted by molar-refractivity contribution is 0.0974. The Kier molecular flexibility index (Phi) is 3.47. The van der Waals surface area contributed by atoms with Crippen molar-refractivity contribution in [3.05, 3.63) is 70.9 Å². The summed E-state index contributed by atoms with van der Waals surface area (Å²) in [6, 6.07) is 16.5. The third kappa shape index (κ3) is 2.42. The molecule has 21 heavy (non-hydrogen) atoms. The molecule has 0 saturated carbocycles. The highest BCUT2D eigenvalue weighted by atomic mass is 35.5. The molecule has 0 unspecified atom stereocenters. The van der Waals surface area contributed by atoms with Crippen LogP contribution in [0.5, 0.6) is 0 Å². The summed E-state index contributed by atoms with van der Waals surface area (Å²) >= 11 is 6.05. The van der Waals surface area contributed by atoms with E-state index in [1.165, 1.54) is 0 Å². The normalized spacial score (nSPS) is 10.5. The molecule has 102 valence electrons. The van der Waals surface area contributed by atoms with Gasteiger partial charge in [-0.1, -0.05) is 29.8 Å². The van der Waals surface area contributed by atoms with Gasteiger partial charge in [-0.25, -0.2) is 0 Å². The molecule has 0 aliphatic rings. The predicted octanol–water partition coefficient (Wildman–Crippen LogP) is 4.05. The quantitative estimate of drug-likeness (QED) is 0.684. The summed E-state index contributed by atoms with van der Waals surface area (Å²) in [5.41, 5.74) is 1.99. The predicted molar refractivity (Wildman–Crippen MR) is 82.4 cm³/mol. The number of hydrogen-bond donors (Lipinski definition) is 0. The van der Waals surface area contributed by atoms with Crippen LogP contribution in [0.1, 0.15) is 15.9 Å². The Labute approximate surface area is 127 Å². The van der Waals surface area contributed by atoms with Gasteiger partial charge in [-0.05, 0) is 30.3 Å². The summed E-state index contributed by atoms with van der Waals surface area (Å²) in [7, 11) is 0. The number of nitriles is 1. The lowest BCUT2D eigenvalue weighted by Gasteiger charge is -2.06. The van der Waals surface area contributed by atoms with Crippen LogP contribution >= 0.6 is 11.6 Å². The average Bonchev–Trinajstić information content (AvgIpc) is 2.91. The van der Waals surface area contributed by atoms with Gasteiger partial charge < -0.3 is 4.57 Å². The van der Waals surface area contributed by atoms with Gasteiger partial charge in [-0.15, -0.1) is 0 Å². The fourth-order valence-electron chi connectivity index (χ4n) is 2.39. The first kappa shape index (κ1) is 13.4. The summed E-state index contributed by atoms with van der Waals surface area (Å²) in [5, 5.41) is 10.4. The Morgan fingerprint density at radius 2 is 1.95 bits per heavy atom. The van der Waals surface area contributed by atoms with E-state index in [4.69, 9.17) is 16.9 Å². The van der Waals surface area contributed by atoms with Gasteiger partial charge in [-0.3, -0.25) is 4.79 Å². The molecule has 0 amide bonds. The molecule has 0 aliphatic heterocycles. The van der Waals surface area contributed by atoms with Crippen molar-refractivity contribution in [1.82, 2.24) is 4.57 Å². The van der Waals surface area contributed by atoms with Crippen molar-refractivity contribution in [1.29, 1.82) is 5.26 Å². The molecule has 0 atom stereocenters. The lowest BCUT2D eigenvalue weighted by Crippen LogP contribution is -2.10. The van der Waals surface area contributed by atoms with Crippen LogP contribution in [0.15, 0.2) is 54.7 Å². The van der Waals surface area contributed by atoms with Crippen LogP contribution in [0.3, 0.4) is 0 Å². The van der Waals surface area contributed by atoms with Crippen molar-refractivity contribution >= 4 is 28.3 Å². The molecule has 0 spiro atoms. The summed E-state index contributed by atoms with van der Waals surface area (Å²) in [5.74, 6) is -0.0551.